The number of rotatable bonds is 7. The Morgan fingerprint density at radius 3 is 2.32 bits per heavy atom. The average molecular weight is 380 g/mol. The maximum absolute atomic E-state index is 13.5. The molecule has 0 N–H and O–H groups in total. The number of likely N-dealkylation sites (N-methyl/N-ethyl adjacent to an activating group) is 1. The quantitative estimate of drug-likeness (QED) is 0.736. The molecule has 1 heterocycles. The van der Waals surface area contributed by atoms with Crippen molar-refractivity contribution in [3.8, 4) is 11.5 Å². The summed E-state index contributed by atoms with van der Waals surface area (Å²) >= 11 is 0. The van der Waals surface area contributed by atoms with E-state index in [4.69, 9.17) is 14.5 Å². The second-order valence-corrected chi connectivity index (χ2v) is 6.74. The number of fused-ring (bicyclic) bond motifs is 1. The summed E-state index contributed by atoms with van der Waals surface area (Å²) < 4.78 is 11.0. The molecule has 0 radical (unpaired) electrons. The number of ether oxygens (including phenoxy) is 2. The number of amides is 1. The molecule has 0 aromatic heterocycles. The lowest BCUT2D eigenvalue weighted by atomic mass is 9.84. The number of hydrogen-bond acceptors (Lipinski definition) is 4. The summed E-state index contributed by atoms with van der Waals surface area (Å²) in [4.78, 5) is 20.2. The monoisotopic (exact) mass is 380 g/mol. The van der Waals surface area contributed by atoms with E-state index in [1.54, 1.807) is 14.2 Å². The summed E-state index contributed by atoms with van der Waals surface area (Å²) in [5.41, 5.74) is 3.88. The maximum atomic E-state index is 13.5. The fraction of sp³-hybridized carbons (Fsp3) is 0.391. The van der Waals surface area contributed by atoms with Crippen LogP contribution in [0.1, 0.15) is 36.5 Å². The zero-order valence-corrected chi connectivity index (χ0v) is 17.1. The Bertz CT molecular complexity index is 858. The number of hydrogen-bond donors (Lipinski definition) is 0. The summed E-state index contributed by atoms with van der Waals surface area (Å²) in [6, 6.07) is 13.9. The first-order chi connectivity index (χ1) is 13.6. The van der Waals surface area contributed by atoms with Gasteiger partial charge >= 0.3 is 0 Å². The molecule has 3 rings (SSSR count). The van der Waals surface area contributed by atoms with Crippen molar-refractivity contribution in [2.45, 2.75) is 26.2 Å². The highest BCUT2D eigenvalue weighted by atomic mass is 16.5. The fourth-order valence-corrected chi connectivity index (χ4v) is 3.78. The van der Waals surface area contributed by atoms with Crippen molar-refractivity contribution in [1.29, 1.82) is 0 Å². The Hall–Kier alpha value is -2.82. The maximum Gasteiger partial charge on any atom is 0.236 e. The van der Waals surface area contributed by atoms with Crippen LogP contribution in [0.25, 0.3) is 0 Å². The van der Waals surface area contributed by atoms with Crippen molar-refractivity contribution in [2.24, 2.45) is 4.99 Å². The van der Waals surface area contributed by atoms with E-state index in [9.17, 15) is 4.79 Å². The van der Waals surface area contributed by atoms with Gasteiger partial charge in [0.15, 0.2) is 11.5 Å². The molecule has 0 saturated heterocycles. The number of aliphatic imine (C=N–C) groups is 1. The minimum absolute atomic E-state index is 0.0811. The van der Waals surface area contributed by atoms with Gasteiger partial charge in [0.05, 0.1) is 19.9 Å². The number of carbonyl (C=O) groups excluding carboxylic acids is 1. The molecular formula is C23H28N2O3. The highest BCUT2D eigenvalue weighted by Gasteiger charge is 2.33. The zero-order chi connectivity index (χ0) is 20.1. The highest BCUT2D eigenvalue weighted by Crippen LogP contribution is 2.36. The Kier molecular flexibility index (Phi) is 6.34. The Labute approximate surface area is 167 Å². The molecule has 1 unspecified atom stereocenters. The van der Waals surface area contributed by atoms with Crippen molar-refractivity contribution in [3.05, 3.63) is 59.2 Å². The molecule has 0 fully saturated rings. The van der Waals surface area contributed by atoms with E-state index in [1.165, 1.54) is 0 Å². The van der Waals surface area contributed by atoms with Gasteiger partial charge in [-0.2, -0.15) is 0 Å². The van der Waals surface area contributed by atoms with Gasteiger partial charge in [-0.3, -0.25) is 9.79 Å². The highest BCUT2D eigenvalue weighted by molar-refractivity contribution is 6.18. The van der Waals surface area contributed by atoms with Crippen molar-refractivity contribution >= 4 is 11.6 Å². The second-order valence-electron chi connectivity index (χ2n) is 6.74. The molecule has 0 saturated carbocycles. The second kappa shape index (κ2) is 8.91. The number of benzene rings is 2. The molecule has 148 valence electrons. The third-order valence-electron chi connectivity index (χ3n) is 5.28. The van der Waals surface area contributed by atoms with Crippen LogP contribution < -0.4 is 9.47 Å². The van der Waals surface area contributed by atoms with Crippen LogP contribution in [0.15, 0.2) is 47.5 Å². The number of nitrogens with zero attached hydrogens (tertiary/aromatic N) is 2. The van der Waals surface area contributed by atoms with Gasteiger partial charge in [0, 0.05) is 25.2 Å². The Morgan fingerprint density at radius 1 is 1.07 bits per heavy atom. The van der Waals surface area contributed by atoms with E-state index < -0.39 is 5.92 Å². The van der Waals surface area contributed by atoms with Crippen molar-refractivity contribution in [2.75, 3.05) is 33.9 Å². The molecule has 0 aliphatic carbocycles. The van der Waals surface area contributed by atoms with Crippen LogP contribution >= 0.6 is 0 Å². The van der Waals surface area contributed by atoms with Gasteiger partial charge in [-0.05, 0) is 43.5 Å². The fourth-order valence-electron chi connectivity index (χ4n) is 3.78. The zero-order valence-electron chi connectivity index (χ0n) is 17.1. The van der Waals surface area contributed by atoms with E-state index in [2.05, 4.69) is 0 Å². The molecule has 0 bridgehead atoms. The predicted octanol–water partition coefficient (Wildman–Crippen LogP) is 3.70. The van der Waals surface area contributed by atoms with Crippen LogP contribution in [-0.2, 0) is 11.2 Å². The van der Waals surface area contributed by atoms with Crippen molar-refractivity contribution in [1.82, 2.24) is 4.90 Å². The van der Waals surface area contributed by atoms with Crippen LogP contribution in [0.3, 0.4) is 0 Å². The van der Waals surface area contributed by atoms with Gasteiger partial charge in [0.2, 0.25) is 5.91 Å². The van der Waals surface area contributed by atoms with E-state index in [0.717, 1.165) is 28.8 Å². The van der Waals surface area contributed by atoms with Crippen LogP contribution in [0.4, 0.5) is 0 Å². The van der Waals surface area contributed by atoms with Crippen LogP contribution in [-0.4, -0.2) is 50.4 Å². The molecule has 2 aromatic carbocycles. The molecule has 5 heteroatoms. The number of carbonyl (C=O) groups is 1. The first kappa shape index (κ1) is 19.9. The predicted molar refractivity (Wildman–Crippen MR) is 112 cm³/mol. The van der Waals surface area contributed by atoms with Gasteiger partial charge < -0.3 is 14.4 Å². The minimum Gasteiger partial charge on any atom is -0.493 e. The van der Waals surface area contributed by atoms with Gasteiger partial charge in [-0.1, -0.05) is 30.3 Å². The summed E-state index contributed by atoms with van der Waals surface area (Å²) in [7, 11) is 3.26. The van der Waals surface area contributed by atoms with E-state index >= 15 is 0 Å². The summed E-state index contributed by atoms with van der Waals surface area (Å²) in [6.45, 7) is 6.02. The largest absolute Gasteiger partial charge is 0.493 e. The summed E-state index contributed by atoms with van der Waals surface area (Å²) in [5, 5.41) is 0. The normalized spacial score (nSPS) is 13.9. The molecule has 5 nitrogen and oxygen atoms in total. The van der Waals surface area contributed by atoms with Crippen LogP contribution in [0.5, 0.6) is 11.5 Å². The van der Waals surface area contributed by atoms with Crippen molar-refractivity contribution in [3.63, 3.8) is 0 Å². The first-order valence-corrected chi connectivity index (χ1v) is 9.77. The van der Waals surface area contributed by atoms with Gasteiger partial charge in [-0.25, -0.2) is 0 Å². The molecule has 1 aliphatic rings. The van der Waals surface area contributed by atoms with Gasteiger partial charge in [0.1, 0.15) is 5.92 Å². The third-order valence-corrected chi connectivity index (χ3v) is 5.28. The summed E-state index contributed by atoms with van der Waals surface area (Å²) in [6.07, 6.45) is 0.820. The standard InChI is InChI=1S/C23H28N2O3/c1-5-25(6-2)23(26)21(16-10-8-7-9-11-16)22-18-15-20(28-4)19(27-3)14-17(18)12-13-24-22/h7-11,14-15,21H,5-6,12-13H2,1-4H3. The lowest BCUT2D eigenvalue weighted by Gasteiger charge is -2.29. The third kappa shape index (κ3) is 3.75. The molecule has 1 amide bonds. The average Bonchev–Trinajstić information content (AvgIpc) is 2.74. The number of methoxy groups -OCH3 is 2. The molecule has 2 aromatic rings. The van der Waals surface area contributed by atoms with Crippen LogP contribution in [0, 0.1) is 0 Å². The van der Waals surface area contributed by atoms with Gasteiger partial charge in [-0.15, -0.1) is 0 Å². The lowest BCUT2D eigenvalue weighted by Crippen LogP contribution is -2.39. The topological polar surface area (TPSA) is 51.1 Å². The Balaban J connectivity index is 2.14. The molecule has 1 atom stereocenters. The molecule has 28 heavy (non-hydrogen) atoms. The minimum atomic E-state index is -0.432. The van der Waals surface area contributed by atoms with E-state index in [0.29, 0.717) is 31.1 Å². The van der Waals surface area contributed by atoms with Crippen molar-refractivity contribution < 1.29 is 14.3 Å². The van der Waals surface area contributed by atoms with E-state index in [-0.39, 0.29) is 5.91 Å². The smallest absolute Gasteiger partial charge is 0.236 e. The van der Waals surface area contributed by atoms with Crippen LogP contribution in [0.2, 0.25) is 0 Å². The molecule has 1 aliphatic heterocycles. The summed E-state index contributed by atoms with van der Waals surface area (Å²) in [5.74, 6) is 1.00. The Morgan fingerprint density at radius 2 is 1.71 bits per heavy atom. The van der Waals surface area contributed by atoms with Gasteiger partial charge in [0.25, 0.3) is 0 Å². The first-order valence-electron chi connectivity index (χ1n) is 9.77. The van der Waals surface area contributed by atoms with E-state index in [1.807, 2.05) is 61.2 Å². The SMILES string of the molecule is CCN(CC)C(=O)C(C1=NCCc2cc(OC)c(OC)cc21)c1ccccc1. The molecule has 0 spiro atoms. The molecular weight excluding hydrogens is 352 g/mol. The lowest BCUT2D eigenvalue weighted by molar-refractivity contribution is -0.130.